The maximum Gasteiger partial charge on any atom is 0.323 e. The van der Waals surface area contributed by atoms with Gasteiger partial charge in [-0.15, -0.1) is 0 Å². The van der Waals surface area contributed by atoms with Crippen LogP contribution >= 0.6 is 11.6 Å². The van der Waals surface area contributed by atoms with Crippen LogP contribution < -0.4 is 10.6 Å². The number of carboxylic acids is 1. The van der Waals surface area contributed by atoms with Gasteiger partial charge >= 0.3 is 5.97 Å². The van der Waals surface area contributed by atoms with E-state index in [4.69, 9.17) is 22.4 Å². The summed E-state index contributed by atoms with van der Waals surface area (Å²) >= 11 is 5.83. The van der Waals surface area contributed by atoms with E-state index in [1.54, 1.807) is 18.2 Å². The lowest BCUT2D eigenvalue weighted by Crippen LogP contribution is -2.52. The summed E-state index contributed by atoms with van der Waals surface area (Å²) in [5.74, 6) is -1.60. The number of carbonyl (C=O) groups excluding carboxylic acids is 1. The van der Waals surface area contributed by atoms with Gasteiger partial charge in [0.05, 0.1) is 5.54 Å². The Balaban J connectivity index is 3.13. The molecule has 0 saturated heterocycles. The number of aliphatic carboxylic acids is 1. The molecule has 3 N–H and O–H groups in total. The molecule has 0 aliphatic heterocycles. The van der Waals surface area contributed by atoms with E-state index in [1.165, 1.54) is 19.9 Å². The van der Waals surface area contributed by atoms with Gasteiger partial charge in [0.2, 0.25) is 5.91 Å². The van der Waals surface area contributed by atoms with Crippen molar-refractivity contribution in [2.24, 2.45) is 5.73 Å². The van der Waals surface area contributed by atoms with Crippen molar-refractivity contribution in [1.82, 2.24) is 0 Å². The van der Waals surface area contributed by atoms with E-state index in [0.717, 1.165) is 4.90 Å². The summed E-state index contributed by atoms with van der Waals surface area (Å²) in [6.45, 7) is 2.59. The van der Waals surface area contributed by atoms with Gasteiger partial charge < -0.3 is 10.8 Å². The number of hydrogen-bond donors (Lipinski definition) is 2. The van der Waals surface area contributed by atoms with Crippen molar-refractivity contribution in [3.63, 3.8) is 0 Å². The molecule has 0 aromatic heterocycles. The molecule has 0 aliphatic rings. The van der Waals surface area contributed by atoms with Crippen LogP contribution in [0.4, 0.5) is 5.69 Å². The van der Waals surface area contributed by atoms with Crippen LogP contribution in [-0.4, -0.2) is 29.1 Å². The Kier molecular flexibility index (Phi) is 4.32. The molecule has 0 spiro atoms. The minimum atomic E-state index is -1.15. The van der Waals surface area contributed by atoms with Gasteiger partial charge in [0.1, 0.15) is 6.54 Å². The Labute approximate surface area is 110 Å². The van der Waals surface area contributed by atoms with Crippen LogP contribution in [0.2, 0.25) is 5.02 Å². The molecular weight excluding hydrogens is 256 g/mol. The van der Waals surface area contributed by atoms with E-state index in [-0.39, 0.29) is 0 Å². The normalized spacial score (nSPS) is 11.1. The Morgan fingerprint density at radius 3 is 2.50 bits per heavy atom. The number of carboxylic acid groups (broad SMARTS) is 1. The van der Waals surface area contributed by atoms with Crippen LogP contribution in [0.25, 0.3) is 0 Å². The Morgan fingerprint density at radius 1 is 1.44 bits per heavy atom. The summed E-state index contributed by atoms with van der Waals surface area (Å²) < 4.78 is 0. The molecule has 1 aromatic carbocycles. The van der Waals surface area contributed by atoms with Crippen molar-refractivity contribution in [3.05, 3.63) is 29.3 Å². The number of rotatable bonds is 4. The van der Waals surface area contributed by atoms with Gasteiger partial charge in [-0.3, -0.25) is 14.5 Å². The first-order valence-corrected chi connectivity index (χ1v) is 5.68. The Morgan fingerprint density at radius 2 is 2.06 bits per heavy atom. The van der Waals surface area contributed by atoms with Crippen molar-refractivity contribution in [3.8, 4) is 0 Å². The lowest BCUT2D eigenvalue weighted by atomic mass is 10.0. The van der Waals surface area contributed by atoms with E-state index >= 15 is 0 Å². The third-order valence-electron chi connectivity index (χ3n) is 2.21. The van der Waals surface area contributed by atoms with Crippen LogP contribution in [0.15, 0.2) is 24.3 Å². The van der Waals surface area contributed by atoms with Crippen LogP contribution in [0.5, 0.6) is 0 Å². The molecule has 98 valence electrons. The second kappa shape index (κ2) is 5.37. The van der Waals surface area contributed by atoms with Crippen LogP contribution in [0, 0.1) is 0 Å². The SMILES string of the molecule is CC(C)(N)C(=O)N(CC(=O)O)c1cccc(Cl)c1. The van der Waals surface area contributed by atoms with Crippen LogP contribution in [0.1, 0.15) is 13.8 Å². The first-order valence-electron chi connectivity index (χ1n) is 5.30. The number of benzene rings is 1. The molecule has 0 atom stereocenters. The highest BCUT2D eigenvalue weighted by atomic mass is 35.5. The lowest BCUT2D eigenvalue weighted by molar-refractivity contribution is -0.137. The number of halogens is 1. The van der Waals surface area contributed by atoms with Gasteiger partial charge in [-0.25, -0.2) is 0 Å². The molecule has 1 aromatic rings. The molecule has 6 heteroatoms. The summed E-state index contributed by atoms with van der Waals surface area (Å²) in [6, 6.07) is 6.41. The molecule has 5 nitrogen and oxygen atoms in total. The average molecular weight is 271 g/mol. The molecular formula is C12H15ClN2O3. The Hall–Kier alpha value is -1.59. The zero-order chi connectivity index (χ0) is 13.9. The molecule has 0 fully saturated rings. The van der Waals surface area contributed by atoms with Crippen LogP contribution in [-0.2, 0) is 9.59 Å². The number of nitrogens with zero attached hydrogens (tertiary/aromatic N) is 1. The fraction of sp³-hybridized carbons (Fsp3) is 0.333. The molecule has 1 rings (SSSR count). The predicted molar refractivity (Wildman–Crippen MR) is 69.7 cm³/mol. The highest BCUT2D eigenvalue weighted by molar-refractivity contribution is 6.31. The fourth-order valence-corrected chi connectivity index (χ4v) is 1.59. The summed E-state index contributed by atoms with van der Waals surface area (Å²) in [4.78, 5) is 24.0. The molecule has 0 aliphatic carbocycles. The van der Waals surface area contributed by atoms with E-state index in [9.17, 15) is 9.59 Å². The number of hydrogen-bond acceptors (Lipinski definition) is 3. The predicted octanol–water partition coefficient (Wildman–Crippen LogP) is 1.49. The molecule has 18 heavy (non-hydrogen) atoms. The maximum absolute atomic E-state index is 12.1. The zero-order valence-corrected chi connectivity index (χ0v) is 10.9. The molecule has 1 amide bonds. The van der Waals surface area contributed by atoms with Crippen molar-refractivity contribution in [2.45, 2.75) is 19.4 Å². The van der Waals surface area contributed by atoms with Crippen molar-refractivity contribution >= 4 is 29.2 Å². The highest BCUT2D eigenvalue weighted by Crippen LogP contribution is 2.21. The van der Waals surface area contributed by atoms with Gasteiger partial charge in [0.25, 0.3) is 0 Å². The summed E-state index contributed by atoms with van der Waals surface area (Å²) in [7, 11) is 0. The van der Waals surface area contributed by atoms with E-state index in [1.807, 2.05) is 0 Å². The number of nitrogens with two attached hydrogens (primary N) is 1. The van der Waals surface area contributed by atoms with Gasteiger partial charge in [0, 0.05) is 10.7 Å². The smallest absolute Gasteiger partial charge is 0.323 e. The highest BCUT2D eigenvalue weighted by Gasteiger charge is 2.30. The van der Waals surface area contributed by atoms with Crippen molar-refractivity contribution in [1.29, 1.82) is 0 Å². The van der Waals surface area contributed by atoms with Crippen molar-refractivity contribution in [2.75, 3.05) is 11.4 Å². The topological polar surface area (TPSA) is 83.6 Å². The number of carbonyl (C=O) groups is 2. The molecule has 0 bridgehead atoms. The van der Waals surface area contributed by atoms with E-state index in [0.29, 0.717) is 10.7 Å². The monoisotopic (exact) mass is 270 g/mol. The fourth-order valence-electron chi connectivity index (χ4n) is 1.41. The van der Waals surface area contributed by atoms with Gasteiger partial charge in [0.15, 0.2) is 0 Å². The van der Waals surface area contributed by atoms with Gasteiger partial charge in [-0.2, -0.15) is 0 Å². The third-order valence-corrected chi connectivity index (χ3v) is 2.44. The second-order valence-electron chi connectivity index (χ2n) is 4.49. The zero-order valence-electron chi connectivity index (χ0n) is 10.2. The molecule has 0 radical (unpaired) electrons. The van der Waals surface area contributed by atoms with E-state index < -0.39 is 24.0 Å². The summed E-state index contributed by atoms with van der Waals surface area (Å²) in [5.41, 5.74) is 4.97. The van der Waals surface area contributed by atoms with Gasteiger partial charge in [-0.05, 0) is 32.0 Å². The minimum absolute atomic E-state index is 0.411. The van der Waals surface area contributed by atoms with E-state index in [2.05, 4.69) is 0 Å². The average Bonchev–Trinajstić information content (AvgIpc) is 2.23. The molecule has 0 saturated carbocycles. The minimum Gasteiger partial charge on any atom is -0.480 e. The van der Waals surface area contributed by atoms with Crippen molar-refractivity contribution < 1.29 is 14.7 Å². The maximum atomic E-state index is 12.1. The van der Waals surface area contributed by atoms with Crippen LogP contribution in [0.3, 0.4) is 0 Å². The Bertz CT molecular complexity index is 469. The number of anilines is 1. The second-order valence-corrected chi connectivity index (χ2v) is 4.92. The molecule has 0 unspecified atom stereocenters. The molecule has 0 heterocycles. The first kappa shape index (κ1) is 14.5. The first-order chi connectivity index (χ1) is 8.21. The number of amides is 1. The standard InChI is InChI=1S/C12H15ClN2O3/c1-12(2,14)11(18)15(7-10(16)17)9-5-3-4-8(13)6-9/h3-6H,7,14H2,1-2H3,(H,16,17). The lowest BCUT2D eigenvalue weighted by Gasteiger charge is -2.28. The largest absolute Gasteiger partial charge is 0.480 e. The summed E-state index contributed by atoms with van der Waals surface area (Å²) in [6.07, 6.45) is 0. The quantitative estimate of drug-likeness (QED) is 0.868. The van der Waals surface area contributed by atoms with Gasteiger partial charge in [-0.1, -0.05) is 17.7 Å². The third kappa shape index (κ3) is 3.72. The summed E-state index contributed by atoms with van der Waals surface area (Å²) in [5, 5.41) is 9.28.